The molecule has 1 aliphatic rings. The molecule has 0 aliphatic heterocycles. The molecule has 0 aromatic carbocycles. The van der Waals surface area contributed by atoms with Gasteiger partial charge in [-0.15, -0.1) is 0 Å². The van der Waals surface area contributed by atoms with Crippen LogP contribution in [0.15, 0.2) is 24.3 Å². The van der Waals surface area contributed by atoms with Crippen LogP contribution in [0.3, 0.4) is 0 Å². The topological polar surface area (TPSA) is 20.2 Å². The van der Waals surface area contributed by atoms with Crippen molar-refractivity contribution in [2.75, 3.05) is 0 Å². The molecule has 16 heavy (non-hydrogen) atoms. The third-order valence-electron chi connectivity index (χ3n) is 3.91. The van der Waals surface area contributed by atoms with Gasteiger partial charge >= 0.3 is 0 Å². The minimum atomic E-state index is -0.0775. The van der Waals surface area contributed by atoms with Crippen LogP contribution in [0.25, 0.3) is 0 Å². The van der Waals surface area contributed by atoms with E-state index in [1.54, 1.807) is 0 Å². The number of hydrogen-bond donors (Lipinski definition) is 1. The van der Waals surface area contributed by atoms with Crippen LogP contribution in [-0.2, 0) is 0 Å². The second-order valence-electron chi connectivity index (χ2n) is 5.58. The Morgan fingerprint density at radius 1 is 1.50 bits per heavy atom. The van der Waals surface area contributed by atoms with Crippen molar-refractivity contribution in [2.45, 2.75) is 52.6 Å². The van der Waals surface area contributed by atoms with Gasteiger partial charge in [-0.25, -0.2) is 0 Å². The highest BCUT2D eigenvalue weighted by atomic mass is 16.3. The average molecular weight is 222 g/mol. The third-order valence-corrected chi connectivity index (χ3v) is 3.91. The molecular formula is C15H26O. The van der Waals surface area contributed by atoms with Gasteiger partial charge in [0.1, 0.15) is 0 Å². The molecule has 0 unspecified atom stereocenters. The van der Waals surface area contributed by atoms with Crippen molar-refractivity contribution in [2.24, 2.45) is 17.8 Å². The largest absolute Gasteiger partial charge is 0.393 e. The average Bonchev–Trinajstić information content (AvgIpc) is 2.21. The predicted molar refractivity (Wildman–Crippen MR) is 70.2 cm³/mol. The zero-order valence-corrected chi connectivity index (χ0v) is 10.9. The first-order valence-electron chi connectivity index (χ1n) is 6.50. The molecule has 0 heterocycles. The smallest absolute Gasteiger partial charge is 0.0568 e. The van der Waals surface area contributed by atoms with Crippen LogP contribution in [0.2, 0.25) is 0 Å². The Bertz CT molecular complexity index is 254. The van der Waals surface area contributed by atoms with Gasteiger partial charge in [-0.05, 0) is 50.4 Å². The fraction of sp³-hybridized carbons (Fsp3) is 0.733. The number of allylic oxidation sites excluding steroid dienone is 3. The summed E-state index contributed by atoms with van der Waals surface area (Å²) in [5, 5.41) is 9.88. The van der Waals surface area contributed by atoms with E-state index in [1.165, 1.54) is 12.8 Å². The van der Waals surface area contributed by atoms with Crippen molar-refractivity contribution in [1.29, 1.82) is 0 Å². The first-order chi connectivity index (χ1) is 7.50. The summed E-state index contributed by atoms with van der Waals surface area (Å²) in [4.78, 5) is 0. The zero-order valence-electron chi connectivity index (χ0n) is 10.9. The molecule has 0 radical (unpaired) electrons. The highest BCUT2D eigenvalue weighted by Crippen LogP contribution is 2.34. The molecule has 4 atom stereocenters. The van der Waals surface area contributed by atoms with Crippen molar-refractivity contribution in [3.8, 4) is 0 Å². The molecule has 1 saturated carbocycles. The predicted octanol–water partition coefficient (Wildman–Crippen LogP) is 3.94. The highest BCUT2D eigenvalue weighted by Gasteiger charge is 2.28. The lowest BCUT2D eigenvalue weighted by Crippen LogP contribution is -2.30. The van der Waals surface area contributed by atoms with Crippen LogP contribution >= 0.6 is 0 Å². The van der Waals surface area contributed by atoms with Gasteiger partial charge < -0.3 is 5.11 Å². The Labute approximate surface area is 100 Å². The lowest BCUT2D eigenvalue weighted by atomic mass is 9.74. The second kappa shape index (κ2) is 6.24. The molecular weight excluding hydrogens is 196 g/mol. The molecule has 1 aliphatic carbocycles. The number of aliphatic hydroxyl groups excluding tert-OH is 1. The van der Waals surface area contributed by atoms with E-state index in [0.717, 1.165) is 18.4 Å². The summed E-state index contributed by atoms with van der Waals surface area (Å²) in [7, 11) is 0. The molecule has 1 fully saturated rings. The van der Waals surface area contributed by atoms with Gasteiger partial charge in [0.15, 0.2) is 0 Å². The van der Waals surface area contributed by atoms with E-state index in [4.69, 9.17) is 0 Å². The van der Waals surface area contributed by atoms with Gasteiger partial charge in [0, 0.05) is 0 Å². The Kier molecular flexibility index (Phi) is 5.27. The van der Waals surface area contributed by atoms with Gasteiger partial charge in [0.2, 0.25) is 0 Å². The van der Waals surface area contributed by atoms with Crippen LogP contribution in [0, 0.1) is 17.8 Å². The van der Waals surface area contributed by atoms with Crippen molar-refractivity contribution < 1.29 is 5.11 Å². The Hall–Kier alpha value is -0.560. The zero-order chi connectivity index (χ0) is 12.1. The van der Waals surface area contributed by atoms with Crippen molar-refractivity contribution >= 4 is 0 Å². The van der Waals surface area contributed by atoms with Crippen LogP contribution in [0.1, 0.15) is 46.5 Å². The maximum absolute atomic E-state index is 9.88. The Balaban J connectivity index is 2.37. The summed E-state index contributed by atoms with van der Waals surface area (Å²) < 4.78 is 0. The Morgan fingerprint density at radius 2 is 2.19 bits per heavy atom. The molecule has 0 saturated heterocycles. The minimum Gasteiger partial charge on any atom is -0.393 e. The van der Waals surface area contributed by atoms with E-state index in [2.05, 4.69) is 32.6 Å². The first-order valence-corrected chi connectivity index (χ1v) is 6.50. The third kappa shape index (κ3) is 4.13. The van der Waals surface area contributed by atoms with Gasteiger partial charge in [-0.1, -0.05) is 38.2 Å². The van der Waals surface area contributed by atoms with E-state index >= 15 is 0 Å². The van der Waals surface area contributed by atoms with Crippen molar-refractivity contribution in [1.82, 2.24) is 0 Å². The van der Waals surface area contributed by atoms with Crippen LogP contribution in [-0.4, -0.2) is 11.2 Å². The number of rotatable bonds is 4. The summed E-state index contributed by atoms with van der Waals surface area (Å²) in [5.74, 6) is 1.87. The molecule has 0 aromatic heterocycles. The quantitative estimate of drug-likeness (QED) is 0.714. The SMILES string of the molecule is C=C(C)/C=C/C[C@H](C)[C@H]1CC[C@H](C)[C@@H](O)C1. The Morgan fingerprint density at radius 3 is 2.75 bits per heavy atom. The van der Waals surface area contributed by atoms with Crippen LogP contribution in [0.5, 0.6) is 0 Å². The van der Waals surface area contributed by atoms with Crippen LogP contribution in [0.4, 0.5) is 0 Å². The lowest BCUT2D eigenvalue weighted by molar-refractivity contribution is 0.0390. The van der Waals surface area contributed by atoms with Crippen LogP contribution < -0.4 is 0 Å². The molecule has 0 bridgehead atoms. The second-order valence-corrected chi connectivity index (χ2v) is 5.58. The summed E-state index contributed by atoms with van der Waals surface area (Å²) >= 11 is 0. The standard InChI is InChI=1S/C15H26O/c1-11(2)6-5-7-12(3)14-9-8-13(4)15(16)10-14/h5-6,12-16H,1,7-10H2,2-4H3/b6-5+/t12-,13-,14-,15-/m0/s1. The fourth-order valence-corrected chi connectivity index (χ4v) is 2.52. The van der Waals surface area contributed by atoms with Gasteiger partial charge in [-0.3, -0.25) is 0 Å². The fourth-order valence-electron chi connectivity index (χ4n) is 2.52. The van der Waals surface area contributed by atoms with Crippen molar-refractivity contribution in [3.63, 3.8) is 0 Å². The summed E-state index contributed by atoms with van der Waals surface area (Å²) in [6, 6.07) is 0. The van der Waals surface area contributed by atoms with Crippen molar-refractivity contribution in [3.05, 3.63) is 24.3 Å². The molecule has 0 amide bonds. The molecule has 0 aromatic rings. The molecule has 1 rings (SSSR count). The number of hydrogen-bond acceptors (Lipinski definition) is 1. The van der Waals surface area contributed by atoms with E-state index in [1.807, 2.05) is 6.92 Å². The summed E-state index contributed by atoms with van der Waals surface area (Å²) in [5.41, 5.74) is 1.12. The molecule has 1 nitrogen and oxygen atoms in total. The van der Waals surface area contributed by atoms with Gasteiger partial charge in [-0.2, -0.15) is 0 Å². The molecule has 0 spiro atoms. The maximum Gasteiger partial charge on any atom is 0.0568 e. The molecule has 1 heteroatoms. The summed E-state index contributed by atoms with van der Waals surface area (Å²) in [6.07, 6.45) is 8.80. The molecule has 1 N–H and O–H groups in total. The molecule has 92 valence electrons. The van der Waals surface area contributed by atoms with E-state index < -0.39 is 0 Å². The summed E-state index contributed by atoms with van der Waals surface area (Å²) in [6.45, 7) is 10.3. The van der Waals surface area contributed by atoms with Gasteiger partial charge in [0.25, 0.3) is 0 Å². The van der Waals surface area contributed by atoms with E-state index in [0.29, 0.717) is 17.8 Å². The van der Waals surface area contributed by atoms with E-state index in [9.17, 15) is 5.11 Å². The first kappa shape index (κ1) is 13.5. The van der Waals surface area contributed by atoms with E-state index in [-0.39, 0.29) is 6.10 Å². The maximum atomic E-state index is 9.88. The number of aliphatic hydroxyl groups is 1. The monoisotopic (exact) mass is 222 g/mol. The van der Waals surface area contributed by atoms with Gasteiger partial charge in [0.05, 0.1) is 6.10 Å². The normalized spacial score (nSPS) is 32.9. The highest BCUT2D eigenvalue weighted by molar-refractivity contribution is 5.10. The lowest BCUT2D eigenvalue weighted by Gasteiger charge is -2.34. The minimum absolute atomic E-state index is 0.0775.